The Morgan fingerprint density at radius 3 is 2.96 bits per heavy atom. The summed E-state index contributed by atoms with van der Waals surface area (Å²) >= 11 is 0. The van der Waals surface area contributed by atoms with Crippen molar-refractivity contribution in [3.05, 3.63) is 46.7 Å². The Bertz CT molecular complexity index is 999. The lowest BCUT2D eigenvalue weighted by Crippen LogP contribution is -2.28. The normalized spacial score (nSPS) is 20.2. The summed E-state index contributed by atoms with van der Waals surface area (Å²) in [5.74, 6) is -0.550. The Morgan fingerprint density at radius 1 is 1.36 bits per heavy atom. The Labute approximate surface area is 143 Å². The molecule has 1 amide bonds. The second-order valence-electron chi connectivity index (χ2n) is 6.42. The number of benzene rings is 1. The Morgan fingerprint density at radius 2 is 2.20 bits per heavy atom. The van der Waals surface area contributed by atoms with Crippen LogP contribution in [0.25, 0.3) is 11.1 Å². The molecule has 130 valence electrons. The molecule has 1 fully saturated rings. The van der Waals surface area contributed by atoms with Gasteiger partial charge in [0.1, 0.15) is 0 Å². The third kappa shape index (κ3) is 2.74. The molecule has 0 aliphatic carbocycles. The lowest BCUT2D eigenvalue weighted by molar-refractivity contribution is -0.119. The van der Waals surface area contributed by atoms with Crippen molar-refractivity contribution in [2.45, 2.75) is 5.92 Å². The van der Waals surface area contributed by atoms with Gasteiger partial charge in [-0.3, -0.25) is 14.0 Å². The molecule has 3 aromatic rings. The molecule has 1 aromatic carbocycles. The fraction of sp³-hybridized carbons (Fsp3) is 0.353. The van der Waals surface area contributed by atoms with Crippen LogP contribution in [0, 0.1) is 5.92 Å². The van der Waals surface area contributed by atoms with E-state index in [2.05, 4.69) is 15.7 Å². The van der Waals surface area contributed by atoms with Crippen LogP contribution in [0.2, 0.25) is 0 Å². The standard InChI is InChI=1S/C17H19N5O3/c1-21-9-10(6-19-21)12-7-18-8-13(12)16(23)20-11-3-4-15-14(5-11)22(2)17(24)25-15/h3-6,9,12-13,18H,7-8H2,1-2H3,(H,20,23)/t12-,13+/m1/s1. The summed E-state index contributed by atoms with van der Waals surface area (Å²) in [5, 5.41) is 10.4. The number of carbonyl (C=O) groups is 1. The van der Waals surface area contributed by atoms with Gasteiger partial charge in [-0.1, -0.05) is 0 Å². The van der Waals surface area contributed by atoms with Crippen molar-refractivity contribution in [2.24, 2.45) is 20.0 Å². The first-order chi connectivity index (χ1) is 12.0. The average Bonchev–Trinajstić information content (AvgIpc) is 3.28. The van der Waals surface area contributed by atoms with Gasteiger partial charge in [-0.05, 0) is 23.8 Å². The van der Waals surface area contributed by atoms with Gasteiger partial charge in [0.15, 0.2) is 5.58 Å². The number of oxazole rings is 1. The van der Waals surface area contributed by atoms with Gasteiger partial charge in [0.05, 0.1) is 17.6 Å². The maximum Gasteiger partial charge on any atom is 0.419 e. The van der Waals surface area contributed by atoms with E-state index < -0.39 is 5.76 Å². The molecule has 0 saturated carbocycles. The zero-order chi connectivity index (χ0) is 17.6. The van der Waals surface area contributed by atoms with Gasteiger partial charge in [-0.15, -0.1) is 0 Å². The predicted octanol–water partition coefficient (Wildman–Crippen LogP) is 0.807. The fourth-order valence-corrected chi connectivity index (χ4v) is 3.38. The maximum absolute atomic E-state index is 12.8. The number of amides is 1. The summed E-state index contributed by atoms with van der Waals surface area (Å²) in [7, 11) is 3.50. The number of rotatable bonds is 3. The van der Waals surface area contributed by atoms with Crippen molar-refractivity contribution in [3.63, 3.8) is 0 Å². The Balaban J connectivity index is 1.57. The third-order valence-corrected chi connectivity index (χ3v) is 4.76. The van der Waals surface area contributed by atoms with E-state index in [1.54, 1.807) is 29.9 Å². The number of nitrogens with one attached hydrogen (secondary N) is 2. The van der Waals surface area contributed by atoms with Crippen molar-refractivity contribution >= 4 is 22.7 Å². The van der Waals surface area contributed by atoms with E-state index in [0.29, 0.717) is 23.3 Å². The monoisotopic (exact) mass is 341 g/mol. The van der Waals surface area contributed by atoms with Crippen LogP contribution in [-0.2, 0) is 18.9 Å². The number of anilines is 1. The molecule has 0 spiro atoms. The van der Waals surface area contributed by atoms with Gasteiger partial charge in [0.2, 0.25) is 5.91 Å². The molecule has 0 unspecified atom stereocenters. The van der Waals surface area contributed by atoms with Gasteiger partial charge in [0, 0.05) is 45.0 Å². The molecule has 8 heteroatoms. The van der Waals surface area contributed by atoms with Crippen molar-refractivity contribution < 1.29 is 9.21 Å². The molecular formula is C17H19N5O3. The quantitative estimate of drug-likeness (QED) is 0.735. The second kappa shape index (κ2) is 5.89. The molecule has 0 radical (unpaired) electrons. The Kier molecular flexibility index (Phi) is 3.69. The minimum Gasteiger partial charge on any atom is -0.408 e. The number of hydrogen-bond acceptors (Lipinski definition) is 5. The van der Waals surface area contributed by atoms with Crippen LogP contribution in [0.3, 0.4) is 0 Å². The highest BCUT2D eigenvalue weighted by atomic mass is 16.4. The molecule has 1 aliphatic rings. The Hall–Kier alpha value is -2.87. The van der Waals surface area contributed by atoms with E-state index in [4.69, 9.17) is 4.42 Å². The summed E-state index contributed by atoms with van der Waals surface area (Å²) in [4.78, 5) is 24.3. The van der Waals surface area contributed by atoms with Crippen molar-refractivity contribution in [3.8, 4) is 0 Å². The van der Waals surface area contributed by atoms with Crippen LogP contribution >= 0.6 is 0 Å². The zero-order valence-corrected chi connectivity index (χ0v) is 14.0. The number of carbonyl (C=O) groups excluding carboxylic acids is 1. The average molecular weight is 341 g/mol. The van der Waals surface area contributed by atoms with Gasteiger partial charge >= 0.3 is 5.76 Å². The van der Waals surface area contributed by atoms with Crippen LogP contribution in [0.1, 0.15) is 11.5 Å². The lowest BCUT2D eigenvalue weighted by atomic mass is 9.90. The van der Waals surface area contributed by atoms with E-state index in [1.165, 1.54) is 4.57 Å². The summed E-state index contributed by atoms with van der Waals surface area (Å²) < 4.78 is 8.27. The number of fused-ring (bicyclic) bond motifs is 1. The van der Waals surface area contributed by atoms with Gasteiger partial charge < -0.3 is 15.1 Å². The molecule has 1 saturated heterocycles. The highest BCUT2D eigenvalue weighted by Gasteiger charge is 2.34. The summed E-state index contributed by atoms with van der Waals surface area (Å²) in [6.07, 6.45) is 3.76. The molecule has 0 bridgehead atoms. The first kappa shape index (κ1) is 15.6. The summed E-state index contributed by atoms with van der Waals surface area (Å²) in [6.45, 7) is 1.37. The molecule has 1 aliphatic heterocycles. The maximum atomic E-state index is 12.8. The van der Waals surface area contributed by atoms with E-state index in [1.807, 2.05) is 19.4 Å². The smallest absolute Gasteiger partial charge is 0.408 e. The van der Waals surface area contributed by atoms with E-state index in [-0.39, 0.29) is 17.7 Å². The van der Waals surface area contributed by atoms with Crippen molar-refractivity contribution in [1.29, 1.82) is 0 Å². The highest BCUT2D eigenvalue weighted by Crippen LogP contribution is 2.29. The minimum atomic E-state index is -0.421. The first-order valence-corrected chi connectivity index (χ1v) is 8.12. The molecule has 8 nitrogen and oxygen atoms in total. The predicted molar refractivity (Wildman–Crippen MR) is 92.4 cm³/mol. The molecule has 2 N–H and O–H groups in total. The second-order valence-corrected chi connectivity index (χ2v) is 6.42. The summed E-state index contributed by atoms with van der Waals surface area (Å²) in [5.41, 5.74) is 2.85. The molecular weight excluding hydrogens is 322 g/mol. The molecule has 4 rings (SSSR count). The number of aromatic nitrogens is 3. The highest BCUT2D eigenvalue weighted by molar-refractivity contribution is 5.95. The third-order valence-electron chi connectivity index (χ3n) is 4.76. The molecule has 3 heterocycles. The number of aryl methyl sites for hydroxylation is 2. The molecule has 2 atom stereocenters. The van der Waals surface area contributed by atoms with E-state index >= 15 is 0 Å². The largest absolute Gasteiger partial charge is 0.419 e. The fourth-order valence-electron chi connectivity index (χ4n) is 3.38. The topological polar surface area (TPSA) is 94.1 Å². The minimum absolute atomic E-state index is 0.0494. The van der Waals surface area contributed by atoms with Gasteiger partial charge in [-0.25, -0.2) is 4.79 Å². The lowest BCUT2D eigenvalue weighted by Gasteiger charge is -2.17. The van der Waals surface area contributed by atoms with Gasteiger partial charge in [-0.2, -0.15) is 5.10 Å². The number of nitrogens with zero attached hydrogens (tertiary/aromatic N) is 3. The molecule has 25 heavy (non-hydrogen) atoms. The van der Waals surface area contributed by atoms with Crippen LogP contribution in [0.15, 0.2) is 39.8 Å². The van der Waals surface area contributed by atoms with E-state index in [9.17, 15) is 9.59 Å². The van der Waals surface area contributed by atoms with E-state index in [0.717, 1.165) is 12.1 Å². The zero-order valence-electron chi connectivity index (χ0n) is 14.0. The van der Waals surface area contributed by atoms with Crippen LogP contribution < -0.4 is 16.4 Å². The van der Waals surface area contributed by atoms with Gasteiger partial charge in [0.25, 0.3) is 0 Å². The van der Waals surface area contributed by atoms with Crippen LogP contribution in [-0.4, -0.2) is 33.3 Å². The SMILES string of the molecule is Cn1cc([C@H]2CNC[C@@H]2C(=O)Nc2ccc3oc(=O)n(C)c3c2)cn1. The molecule has 2 aromatic heterocycles. The van der Waals surface area contributed by atoms with Crippen molar-refractivity contribution in [1.82, 2.24) is 19.7 Å². The number of hydrogen-bond donors (Lipinski definition) is 2. The van der Waals surface area contributed by atoms with Crippen molar-refractivity contribution in [2.75, 3.05) is 18.4 Å². The summed E-state index contributed by atoms with van der Waals surface area (Å²) in [6, 6.07) is 5.18. The van der Waals surface area contributed by atoms with Crippen LogP contribution in [0.4, 0.5) is 5.69 Å². The van der Waals surface area contributed by atoms with Crippen LogP contribution in [0.5, 0.6) is 0 Å². The first-order valence-electron chi connectivity index (χ1n) is 8.12.